The fraction of sp³-hybridized carbons (Fsp3) is 0.316. The number of anilines is 1. The Hall–Kier alpha value is -2.89. The molecule has 0 bridgehead atoms. The van der Waals surface area contributed by atoms with E-state index < -0.39 is 5.97 Å². The maximum atomic E-state index is 10.9. The number of hydrogen-bond acceptors (Lipinski definition) is 5. The average molecular weight is 341 g/mol. The molecule has 4 N–H and O–H groups in total. The van der Waals surface area contributed by atoms with Crippen molar-refractivity contribution in [2.45, 2.75) is 39.0 Å². The number of aromatic hydroxyl groups is 1. The summed E-state index contributed by atoms with van der Waals surface area (Å²) >= 11 is 0. The second-order valence-corrected chi connectivity index (χ2v) is 6.92. The maximum absolute atomic E-state index is 10.9. The Morgan fingerprint density at radius 1 is 1.24 bits per heavy atom. The van der Waals surface area contributed by atoms with Crippen molar-refractivity contribution in [3.8, 4) is 5.75 Å². The number of phenols is 1. The highest BCUT2D eigenvalue weighted by molar-refractivity contribution is 6.50. The van der Waals surface area contributed by atoms with Crippen molar-refractivity contribution in [3.63, 3.8) is 0 Å². The molecule has 0 spiro atoms. The van der Waals surface area contributed by atoms with Gasteiger partial charge in [-0.15, -0.1) is 0 Å². The average Bonchev–Trinajstić information content (AvgIpc) is 2.52. The predicted octanol–water partition coefficient (Wildman–Crippen LogP) is 3.62. The first-order valence-electron chi connectivity index (χ1n) is 8.04. The number of rotatable bonds is 5. The van der Waals surface area contributed by atoms with Crippen LogP contribution in [-0.2, 0) is 16.6 Å². The second-order valence-electron chi connectivity index (χ2n) is 6.92. The van der Waals surface area contributed by atoms with Gasteiger partial charge in [0.15, 0.2) is 0 Å². The van der Waals surface area contributed by atoms with E-state index in [1.54, 1.807) is 30.4 Å². The van der Waals surface area contributed by atoms with Crippen LogP contribution in [-0.4, -0.2) is 27.6 Å². The van der Waals surface area contributed by atoms with Crippen LogP contribution in [0.4, 0.5) is 5.69 Å². The SMILES string of the molecule is CC(C)(C)c1cc(CCC(=O)O)cc(N/N=C2/C=CC=CC2=N)c1O. The third kappa shape index (κ3) is 4.79. The number of nitrogens with zero attached hydrogens (tertiary/aromatic N) is 1. The lowest BCUT2D eigenvalue weighted by Gasteiger charge is -2.23. The van der Waals surface area contributed by atoms with Crippen molar-refractivity contribution in [1.29, 1.82) is 5.41 Å². The van der Waals surface area contributed by atoms with Crippen LogP contribution in [0, 0.1) is 5.41 Å². The number of aryl methyl sites for hydroxylation is 1. The number of hydrazone groups is 1. The third-order valence-electron chi connectivity index (χ3n) is 3.81. The van der Waals surface area contributed by atoms with Crippen LogP contribution in [0.15, 0.2) is 41.5 Å². The van der Waals surface area contributed by atoms with E-state index in [9.17, 15) is 9.90 Å². The first kappa shape index (κ1) is 18.4. The van der Waals surface area contributed by atoms with E-state index in [0.29, 0.717) is 23.4 Å². The van der Waals surface area contributed by atoms with E-state index in [2.05, 4.69) is 10.5 Å². The molecular formula is C19H23N3O3. The van der Waals surface area contributed by atoms with Gasteiger partial charge >= 0.3 is 5.97 Å². The van der Waals surface area contributed by atoms with Gasteiger partial charge in [-0.25, -0.2) is 0 Å². The normalized spacial score (nSPS) is 15.6. The van der Waals surface area contributed by atoms with Crippen molar-refractivity contribution in [2.75, 3.05) is 5.43 Å². The minimum absolute atomic E-state index is 0.0144. The van der Waals surface area contributed by atoms with Gasteiger partial charge in [0.1, 0.15) is 11.5 Å². The van der Waals surface area contributed by atoms with Gasteiger partial charge in [0.2, 0.25) is 0 Å². The lowest BCUT2D eigenvalue weighted by molar-refractivity contribution is -0.136. The van der Waals surface area contributed by atoms with Gasteiger partial charge in [-0.1, -0.05) is 39.0 Å². The fourth-order valence-electron chi connectivity index (χ4n) is 2.44. The maximum Gasteiger partial charge on any atom is 0.303 e. The van der Waals surface area contributed by atoms with Crippen LogP contribution in [0.25, 0.3) is 0 Å². The van der Waals surface area contributed by atoms with Crippen molar-refractivity contribution < 1.29 is 15.0 Å². The molecule has 0 saturated carbocycles. The summed E-state index contributed by atoms with van der Waals surface area (Å²) in [6, 6.07) is 3.53. The van der Waals surface area contributed by atoms with Gasteiger partial charge in [-0.3, -0.25) is 15.6 Å². The van der Waals surface area contributed by atoms with Gasteiger partial charge in [0.25, 0.3) is 0 Å². The Labute approximate surface area is 147 Å². The summed E-state index contributed by atoms with van der Waals surface area (Å²) < 4.78 is 0. The van der Waals surface area contributed by atoms with Crippen LogP contribution >= 0.6 is 0 Å². The Kier molecular flexibility index (Phi) is 5.41. The van der Waals surface area contributed by atoms with E-state index in [4.69, 9.17) is 10.5 Å². The van der Waals surface area contributed by atoms with Crippen LogP contribution in [0.1, 0.15) is 38.3 Å². The van der Waals surface area contributed by atoms with Crippen LogP contribution in [0.5, 0.6) is 5.75 Å². The lowest BCUT2D eigenvalue weighted by Crippen LogP contribution is -2.14. The number of allylic oxidation sites excluding steroid dienone is 4. The van der Waals surface area contributed by atoms with E-state index >= 15 is 0 Å². The Bertz CT molecular complexity index is 784. The zero-order valence-electron chi connectivity index (χ0n) is 14.6. The number of benzene rings is 1. The molecule has 0 amide bonds. The lowest BCUT2D eigenvalue weighted by atomic mass is 9.84. The molecule has 0 saturated heterocycles. The van der Waals surface area contributed by atoms with Crippen molar-refractivity contribution in [1.82, 2.24) is 0 Å². The number of carboxylic acids is 1. The molecule has 0 unspecified atom stereocenters. The first-order chi connectivity index (χ1) is 11.7. The third-order valence-corrected chi connectivity index (χ3v) is 3.81. The Balaban J connectivity index is 2.38. The first-order valence-corrected chi connectivity index (χ1v) is 8.04. The molecule has 1 aromatic rings. The highest BCUT2D eigenvalue weighted by Gasteiger charge is 2.21. The summed E-state index contributed by atoms with van der Waals surface area (Å²) in [6.45, 7) is 5.93. The van der Waals surface area contributed by atoms with Gasteiger partial charge in [-0.2, -0.15) is 5.10 Å². The molecule has 0 atom stereocenters. The minimum atomic E-state index is -0.868. The zero-order valence-corrected chi connectivity index (χ0v) is 14.6. The molecule has 1 aliphatic carbocycles. The van der Waals surface area contributed by atoms with Crippen LogP contribution in [0.2, 0.25) is 0 Å². The fourth-order valence-corrected chi connectivity index (χ4v) is 2.44. The molecule has 6 nitrogen and oxygen atoms in total. The quantitative estimate of drug-likeness (QED) is 0.373. The highest BCUT2D eigenvalue weighted by atomic mass is 16.4. The number of carbonyl (C=O) groups is 1. The summed E-state index contributed by atoms with van der Waals surface area (Å²) in [4.78, 5) is 10.9. The summed E-state index contributed by atoms with van der Waals surface area (Å²) in [5.41, 5.74) is 5.15. The summed E-state index contributed by atoms with van der Waals surface area (Å²) in [5, 5.41) is 31.5. The standard InChI is InChI=1S/C19H23N3O3/c1-19(2,3)13-10-12(8-9-17(23)24)11-16(18(13)25)22-21-15-7-5-4-6-14(15)20/h4-7,10-11,20,22,25H,8-9H2,1-3H3,(H,23,24)/b20-14?,21-15-. The van der Waals surface area contributed by atoms with Gasteiger partial charge in [-0.05, 0) is 35.6 Å². The number of nitrogens with one attached hydrogen (secondary N) is 2. The molecular weight excluding hydrogens is 318 g/mol. The van der Waals surface area contributed by atoms with Gasteiger partial charge in [0.05, 0.1) is 11.4 Å². The summed E-state index contributed by atoms with van der Waals surface area (Å²) in [5.74, 6) is -0.787. The Morgan fingerprint density at radius 3 is 2.52 bits per heavy atom. The predicted molar refractivity (Wildman–Crippen MR) is 99.8 cm³/mol. The topological polar surface area (TPSA) is 106 Å². The number of carboxylic acid groups (broad SMARTS) is 1. The molecule has 1 aromatic carbocycles. The second kappa shape index (κ2) is 7.34. The molecule has 0 fully saturated rings. The molecule has 132 valence electrons. The molecule has 6 heteroatoms. The highest BCUT2D eigenvalue weighted by Crippen LogP contribution is 2.37. The molecule has 0 aliphatic heterocycles. The van der Waals surface area contributed by atoms with Crippen molar-refractivity contribution in [3.05, 3.63) is 47.6 Å². The number of aliphatic carboxylic acids is 1. The summed E-state index contributed by atoms with van der Waals surface area (Å²) in [6.07, 6.45) is 7.24. The smallest absolute Gasteiger partial charge is 0.303 e. The number of phenolic OH excluding ortho intramolecular Hbond substituents is 1. The van der Waals surface area contributed by atoms with E-state index in [0.717, 1.165) is 5.56 Å². The number of hydrogen-bond donors (Lipinski definition) is 4. The molecule has 0 heterocycles. The largest absolute Gasteiger partial charge is 0.505 e. The van der Waals surface area contributed by atoms with Crippen LogP contribution < -0.4 is 5.43 Å². The van der Waals surface area contributed by atoms with Gasteiger partial charge in [0, 0.05) is 12.0 Å². The monoisotopic (exact) mass is 341 g/mol. The van der Waals surface area contributed by atoms with E-state index in [1.807, 2.05) is 26.8 Å². The van der Waals surface area contributed by atoms with E-state index in [-0.39, 0.29) is 23.3 Å². The molecule has 0 aromatic heterocycles. The van der Waals surface area contributed by atoms with Crippen molar-refractivity contribution >= 4 is 23.1 Å². The molecule has 1 aliphatic rings. The summed E-state index contributed by atoms with van der Waals surface area (Å²) in [7, 11) is 0. The zero-order chi connectivity index (χ0) is 18.6. The van der Waals surface area contributed by atoms with E-state index in [1.165, 1.54) is 0 Å². The minimum Gasteiger partial charge on any atom is -0.505 e. The molecule has 25 heavy (non-hydrogen) atoms. The van der Waals surface area contributed by atoms with Gasteiger partial charge < -0.3 is 10.2 Å². The molecule has 2 rings (SSSR count). The Morgan fingerprint density at radius 2 is 1.92 bits per heavy atom. The molecule has 0 radical (unpaired) electrons. The van der Waals surface area contributed by atoms with Crippen molar-refractivity contribution in [2.24, 2.45) is 5.10 Å². The van der Waals surface area contributed by atoms with Crippen LogP contribution in [0.3, 0.4) is 0 Å².